The number of halogens is 3. The zero-order valence-corrected chi connectivity index (χ0v) is 14.6. The molecule has 0 aliphatic carbocycles. The molecule has 0 saturated carbocycles. The van der Waals surface area contributed by atoms with E-state index in [0.717, 1.165) is 22.4 Å². The number of nitrogens with zero attached hydrogens (tertiary/aromatic N) is 2. The molecule has 0 saturated heterocycles. The normalized spacial score (nSPS) is 11.2. The Bertz CT molecular complexity index is 1060. The molecule has 0 radical (unpaired) electrons. The highest BCUT2D eigenvalue weighted by Crippen LogP contribution is 2.29. The predicted molar refractivity (Wildman–Crippen MR) is 101 cm³/mol. The minimum atomic E-state index is -0.410. The summed E-state index contributed by atoms with van der Waals surface area (Å²) >= 11 is 12.1. The van der Waals surface area contributed by atoms with Crippen LogP contribution in [0.1, 0.15) is 5.56 Å². The van der Waals surface area contributed by atoms with Crippen LogP contribution in [-0.4, -0.2) is 9.55 Å². The maximum atomic E-state index is 14.4. The lowest BCUT2D eigenvalue weighted by molar-refractivity contribution is 0.602. The summed E-state index contributed by atoms with van der Waals surface area (Å²) in [5.74, 6) is 0.351. The van der Waals surface area contributed by atoms with Crippen LogP contribution in [-0.2, 0) is 6.54 Å². The molecule has 5 heteroatoms. The molecule has 25 heavy (non-hydrogen) atoms. The van der Waals surface area contributed by atoms with E-state index in [1.54, 1.807) is 24.3 Å². The molecule has 0 unspecified atom stereocenters. The molecule has 0 N–H and O–H groups in total. The maximum absolute atomic E-state index is 14.4. The van der Waals surface area contributed by atoms with Crippen LogP contribution in [0.3, 0.4) is 0 Å². The van der Waals surface area contributed by atoms with E-state index in [-0.39, 0.29) is 5.02 Å². The summed E-state index contributed by atoms with van der Waals surface area (Å²) in [6.07, 6.45) is 0. The van der Waals surface area contributed by atoms with Crippen LogP contribution in [0.5, 0.6) is 0 Å². The Morgan fingerprint density at radius 2 is 1.72 bits per heavy atom. The summed E-state index contributed by atoms with van der Waals surface area (Å²) in [7, 11) is 0. The smallest absolute Gasteiger partial charge is 0.146 e. The highest BCUT2D eigenvalue weighted by atomic mass is 35.5. The second kappa shape index (κ2) is 6.51. The first kappa shape index (κ1) is 16.1. The first-order valence-electron chi connectivity index (χ1n) is 7.77. The Labute approximate surface area is 154 Å². The summed E-state index contributed by atoms with van der Waals surface area (Å²) in [4.78, 5) is 4.72. The number of rotatable bonds is 3. The van der Waals surface area contributed by atoms with E-state index in [0.29, 0.717) is 17.1 Å². The van der Waals surface area contributed by atoms with Gasteiger partial charge in [0.25, 0.3) is 0 Å². The quantitative estimate of drug-likeness (QED) is 0.419. The van der Waals surface area contributed by atoms with Crippen molar-refractivity contribution in [1.82, 2.24) is 9.55 Å². The standard InChI is InChI=1S/C20H13Cl2FN2/c21-15-9-10-17-18(11-15)25(12-14-7-4-8-16(22)19(14)23)20(24-17)13-5-2-1-3-6-13/h1-11H,12H2. The van der Waals surface area contributed by atoms with Crippen LogP contribution < -0.4 is 0 Å². The molecule has 124 valence electrons. The Kier molecular flexibility index (Phi) is 4.20. The van der Waals surface area contributed by atoms with Gasteiger partial charge in [-0.05, 0) is 24.3 Å². The summed E-state index contributed by atoms with van der Waals surface area (Å²) in [5, 5.41) is 0.723. The predicted octanol–water partition coefficient (Wildman–Crippen LogP) is 6.20. The van der Waals surface area contributed by atoms with Gasteiger partial charge in [0.1, 0.15) is 11.6 Å². The third kappa shape index (κ3) is 3.01. The van der Waals surface area contributed by atoms with Gasteiger partial charge in [-0.1, -0.05) is 65.7 Å². The average molecular weight is 371 g/mol. The van der Waals surface area contributed by atoms with Gasteiger partial charge in [-0.3, -0.25) is 0 Å². The maximum Gasteiger partial charge on any atom is 0.146 e. The molecule has 1 heterocycles. The van der Waals surface area contributed by atoms with Crippen molar-refractivity contribution in [2.75, 3.05) is 0 Å². The minimum Gasteiger partial charge on any atom is -0.319 e. The molecule has 1 aromatic heterocycles. The second-order valence-corrected chi connectivity index (χ2v) is 6.58. The molecule has 0 aliphatic rings. The van der Waals surface area contributed by atoms with Crippen LogP contribution in [0, 0.1) is 5.82 Å². The highest BCUT2D eigenvalue weighted by molar-refractivity contribution is 6.31. The third-order valence-electron chi connectivity index (χ3n) is 4.10. The van der Waals surface area contributed by atoms with E-state index in [4.69, 9.17) is 28.2 Å². The van der Waals surface area contributed by atoms with Crippen molar-refractivity contribution < 1.29 is 4.39 Å². The lowest BCUT2D eigenvalue weighted by atomic mass is 10.2. The molecule has 0 bridgehead atoms. The van der Waals surface area contributed by atoms with Crippen molar-refractivity contribution in [3.8, 4) is 11.4 Å². The molecule has 0 spiro atoms. The van der Waals surface area contributed by atoms with Gasteiger partial charge in [-0.15, -0.1) is 0 Å². The Balaban J connectivity index is 1.94. The first-order chi connectivity index (χ1) is 12.1. The molecule has 4 rings (SSSR count). The molecule has 0 aliphatic heterocycles. The van der Waals surface area contributed by atoms with Gasteiger partial charge in [0, 0.05) is 16.1 Å². The minimum absolute atomic E-state index is 0.112. The molecule has 4 aromatic rings. The first-order valence-corrected chi connectivity index (χ1v) is 8.53. The van der Waals surface area contributed by atoms with Crippen LogP contribution >= 0.6 is 23.2 Å². The molecule has 3 aromatic carbocycles. The van der Waals surface area contributed by atoms with Gasteiger partial charge in [-0.2, -0.15) is 0 Å². The zero-order valence-electron chi connectivity index (χ0n) is 13.1. The fourth-order valence-corrected chi connectivity index (χ4v) is 3.26. The van der Waals surface area contributed by atoms with Gasteiger partial charge in [0.15, 0.2) is 0 Å². The number of imidazole rings is 1. The number of aromatic nitrogens is 2. The summed E-state index contributed by atoms with van der Waals surface area (Å²) in [6, 6.07) is 20.3. The number of fused-ring (bicyclic) bond motifs is 1. The van der Waals surface area contributed by atoms with Gasteiger partial charge in [0.2, 0.25) is 0 Å². The summed E-state index contributed by atoms with van der Waals surface area (Å²) in [5.41, 5.74) is 3.12. The molecular formula is C20H13Cl2FN2. The summed E-state index contributed by atoms with van der Waals surface area (Å²) < 4.78 is 16.4. The van der Waals surface area contributed by atoms with E-state index in [1.165, 1.54) is 0 Å². The third-order valence-corrected chi connectivity index (χ3v) is 4.63. The fourth-order valence-electron chi connectivity index (χ4n) is 2.90. The van der Waals surface area contributed by atoms with E-state index < -0.39 is 5.82 Å². The van der Waals surface area contributed by atoms with Crippen LogP contribution in [0.4, 0.5) is 4.39 Å². The summed E-state index contributed by atoms with van der Waals surface area (Å²) in [6.45, 7) is 0.313. The van der Waals surface area contributed by atoms with Gasteiger partial charge in [-0.25, -0.2) is 9.37 Å². The molecule has 2 nitrogen and oxygen atoms in total. The molecule has 0 amide bonds. The van der Waals surface area contributed by atoms with Crippen LogP contribution in [0.2, 0.25) is 10.0 Å². The molecule has 0 atom stereocenters. The largest absolute Gasteiger partial charge is 0.319 e. The average Bonchev–Trinajstić information content (AvgIpc) is 2.97. The van der Waals surface area contributed by atoms with E-state index in [9.17, 15) is 4.39 Å². The Hall–Kier alpha value is -2.36. The highest BCUT2D eigenvalue weighted by Gasteiger charge is 2.15. The Morgan fingerprint density at radius 3 is 2.52 bits per heavy atom. The molecular weight excluding hydrogens is 358 g/mol. The van der Waals surface area contributed by atoms with Crippen LogP contribution in [0.15, 0.2) is 66.7 Å². The fraction of sp³-hybridized carbons (Fsp3) is 0.0500. The second-order valence-electron chi connectivity index (χ2n) is 5.73. The van der Waals surface area contributed by atoms with E-state index >= 15 is 0 Å². The van der Waals surface area contributed by atoms with Crippen molar-refractivity contribution in [1.29, 1.82) is 0 Å². The van der Waals surface area contributed by atoms with E-state index in [2.05, 4.69) is 0 Å². The van der Waals surface area contributed by atoms with Gasteiger partial charge < -0.3 is 4.57 Å². The van der Waals surface area contributed by atoms with Crippen molar-refractivity contribution >= 4 is 34.2 Å². The zero-order chi connectivity index (χ0) is 17.4. The lowest BCUT2D eigenvalue weighted by Crippen LogP contribution is -2.04. The van der Waals surface area contributed by atoms with Crippen molar-refractivity contribution in [2.45, 2.75) is 6.54 Å². The Morgan fingerprint density at radius 1 is 0.920 bits per heavy atom. The topological polar surface area (TPSA) is 17.8 Å². The lowest BCUT2D eigenvalue weighted by Gasteiger charge is -2.11. The molecule has 0 fully saturated rings. The van der Waals surface area contributed by atoms with Gasteiger partial charge in [0.05, 0.1) is 22.6 Å². The van der Waals surface area contributed by atoms with Crippen LogP contribution in [0.25, 0.3) is 22.4 Å². The van der Waals surface area contributed by atoms with Gasteiger partial charge >= 0.3 is 0 Å². The SMILES string of the molecule is Fc1c(Cl)cccc1Cn1c(-c2ccccc2)nc2ccc(Cl)cc21. The number of hydrogen-bond acceptors (Lipinski definition) is 1. The number of benzene rings is 3. The van der Waals surface area contributed by atoms with Crippen molar-refractivity contribution in [2.24, 2.45) is 0 Å². The van der Waals surface area contributed by atoms with Crippen molar-refractivity contribution in [3.05, 3.63) is 88.2 Å². The van der Waals surface area contributed by atoms with E-state index in [1.807, 2.05) is 47.0 Å². The monoisotopic (exact) mass is 370 g/mol. The van der Waals surface area contributed by atoms with Crippen molar-refractivity contribution in [3.63, 3.8) is 0 Å². The number of hydrogen-bond donors (Lipinski definition) is 0.